The summed E-state index contributed by atoms with van der Waals surface area (Å²) in [7, 11) is 1.78. The van der Waals surface area contributed by atoms with Crippen molar-refractivity contribution in [2.45, 2.75) is 70.5 Å². The van der Waals surface area contributed by atoms with E-state index in [0.29, 0.717) is 25.4 Å². The van der Waals surface area contributed by atoms with E-state index in [0.717, 1.165) is 51.3 Å². The molecular formula is C25H38IN5O2. The third-order valence-electron chi connectivity index (χ3n) is 7.05. The van der Waals surface area contributed by atoms with Crippen LogP contribution in [0.25, 0.3) is 0 Å². The fourth-order valence-electron chi connectivity index (χ4n) is 5.11. The zero-order chi connectivity index (χ0) is 22.3. The number of likely N-dealkylation sites (tertiary alicyclic amines) is 2. The Balaban J connectivity index is 0.00000306. The molecule has 3 aliphatic rings. The molecule has 2 aliphatic heterocycles. The van der Waals surface area contributed by atoms with Crippen LogP contribution in [-0.2, 0) is 22.7 Å². The van der Waals surface area contributed by atoms with Crippen molar-refractivity contribution in [3.8, 4) is 0 Å². The van der Waals surface area contributed by atoms with Gasteiger partial charge in [0.1, 0.15) is 0 Å². The number of halogens is 1. The third kappa shape index (κ3) is 7.07. The van der Waals surface area contributed by atoms with Crippen molar-refractivity contribution in [1.29, 1.82) is 0 Å². The van der Waals surface area contributed by atoms with Gasteiger partial charge < -0.3 is 20.4 Å². The molecule has 7 nitrogen and oxygen atoms in total. The second kappa shape index (κ2) is 12.6. The Morgan fingerprint density at radius 2 is 1.76 bits per heavy atom. The van der Waals surface area contributed by atoms with Crippen LogP contribution in [0, 0.1) is 5.92 Å². The van der Waals surface area contributed by atoms with Gasteiger partial charge in [0.05, 0.1) is 0 Å². The Morgan fingerprint density at radius 1 is 1.03 bits per heavy atom. The van der Waals surface area contributed by atoms with Crippen molar-refractivity contribution in [2.75, 3.05) is 26.7 Å². The standard InChI is InChI=1S/C25H37N5O2.HI/c1-26-25(28-22-13-15-30(18-22)24(32)21-6-3-2-4-7-21)27-16-19-9-11-20(12-10-19)17-29-14-5-8-23(29)31;/h9-12,21-22H,2-8,13-18H2,1H3,(H2,26,27,28);1H. The molecule has 1 unspecified atom stereocenters. The van der Waals surface area contributed by atoms with Crippen molar-refractivity contribution >= 4 is 41.8 Å². The number of hydrogen-bond donors (Lipinski definition) is 2. The van der Waals surface area contributed by atoms with E-state index in [-0.39, 0.29) is 41.8 Å². The molecule has 0 bridgehead atoms. The topological polar surface area (TPSA) is 77.0 Å². The minimum atomic E-state index is 0. The second-order valence-corrected chi connectivity index (χ2v) is 9.41. The smallest absolute Gasteiger partial charge is 0.225 e. The number of amides is 2. The zero-order valence-corrected chi connectivity index (χ0v) is 22.1. The Hall–Kier alpha value is -1.84. The van der Waals surface area contributed by atoms with Crippen molar-refractivity contribution < 1.29 is 9.59 Å². The van der Waals surface area contributed by atoms with Gasteiger partial charge in [-0.15, -0.1) is 24.0 Å². The van der Waals surface area contributed by atoms with E-state index >= 15 is 0 Å². The lowest BCUT2D eigenvalue weighted by Crippen LogP contribution is -2.45. The van der Waals surface area contributed by atoms with Gasteiger partial charge >= 0.3 is 0 Å². The molecule has 1 saturated carbocycles. The highest BCUT2D eigenvalue weighted by Gasteiger charge is 2.31. The first kappa shape index (κ1) is 25.8. The Bertz CT molecular complexity index is 823. The first-order chi connectivity index (χ1) is 15.6. The van der Waals surface area contributed by atoms with Crippen LogP contribution >= 0.6 is 24.0 Å². The normalized spacial score (nSPS) is 21.8. The summed E-state index contributed by atoms with van der Waals surface area (Å²) in [6.07, 6.45) is 8.40. The predicted molar refractivity (Wildman–Crippen MR) is 141 cm³/mol. The number of guanidine groups is 1. The Kier molecular flexibility index (Phi) is 9.82. The molecule has 3 fully saturated rings. The molecule has 2 amide bonds. The fraction of sp³-hybridized carbons (Fsp3) is 0.640. The van der Waals surface area contributed by atoms with Crippen LogP contribution in [0.1, 0.15) is 62.5 Å². The maximum atomic E-state index is 12.8. The number of carbonyl (C=O) groups excluding carboxylic acids is 2. The van der Waals surface area contributed by atoms with Gasteiger partial charge in [-0.25, -0.2) is 0 Å². The van der Waals surface area contributed by atoms with Crippen molar-refractivity contribution in [3.63, 3.8) is 0 Å². The highest BCUT2D eigenvalue weighted by molar-refractivity contribution is 14.0. The van der Waals surface area contributed by atoms with E-state index < -0.39 is 0 Å². The van der Waals surface area contributed by atoms with Crippen molar-refractivity contribution in [3.05, 3.63) is 35.4 Å². The van der Waals surface area contributed by atoms with E-state index in [2.05, 4.69) is 39.9 Å². The molecule has 33 heavy (non-hydrogen) atoms. The summed E-state index contributed by atoms with van der Waals surface area (Å²) < 4.78 is 0. The molecule has 182 valence electrons. The highest BCUT2D eigenvalue weighted by Crippen LogP contribution is 2.26. The van der Waals surface area contributed by atoms with Crippen LogP contribution in [0.3, 0.4) is 0 Å². The lowest BCUT2D eigenvalue weighted by Gasteiger charge is -2.26. The molecule has 0 spiro atoms. The molecule has 1 aliphatic carbocycles. The minimum Gasteiger partial charge on any atom is -0.352 e. The van der Waals surface area contributed by atoms with Crippen LogP contribution in [0.2, 0.25) is 0 Å². The summed E-state index contributed by atoms with van der Waals surface area (Å²) in [5, 5.41) is 6.88. The van der Waals surface area contributed by atoms with Crippen LogP contribution in [-0.4, -0.2) is 60.3 Å². The predicted octanol–water partition coefficient (Wildman–Crippen LogP) is 3.27. The molecule has 2 heterocycles. The lowest BCUT2D eigenvalue weighted by molar-refractivity contribution is -0.135. The fourth-order valence-corrected chi connectivity index (χ4v) is 5.11. The molecular weight excluding hydrogens is 529 g/mol. The van der Waals surface area contributed by atoms with Gasteiger partial charge in [0.25, 0.3) is 0 Å². The summed E-state index contributed by atoms with van der Waals surface area (Å²) in [6, 6.07) is 8.66. The monoisotopic (exact) mass is 567 g/mol. The number of aliphatic imine (C=N–C) groups is 1. The maximum Gasteiger partial charge on any atom is 0.225 e. The van der Waals surface area contributed by atoms with Gasteiger partial charge in [0, 0.05) is 58.2 Å². The number of hydrogen-bond acceptors (Lipinski definition) is 3. The molecule has 2 saturated heterocycles. The first-order valence-electron chi connectivity index (χ1n) is 12.2. The Morgan fingerprint density at radius 3 is 2.42 bits per heavy atom. The van der Waals surface area contributed by atoms with Gasteiger partial charge in [-0.2, -0.15) is 0 Å². The van der Waals surface area contributed by atoms with Gasteiger partial charge in [-0.3, -0.25) is 14.6 Å². The summed E-state index contributed by atoms with van der Waals surface area (Å²) >= 11 is 0. The third-order valence-corrected chi connectivity index (χ3v) is 7.05. The van der Waals surface area contributed by atoms with Gasteiger partial charge in [0.15, 0.2) is 5.96 Å². The number of rotatable bonds is 6. The molecule has 2 N–H and O–H groups in total. The highest BCUT2D eigenvalue weighted by atomic mass is 127. The molecule has 4 rings (SSSR count). The van der Waals surface area contributed by atoms with Crippen LogP contribution in [0.5, 0.6) is 0 Å². The molecule has 8 heteroatoms. The molecule has 0 radical (unpaired) electrons. The summed E-state index contributed by atoms with van der Waals surface area (Å²) in [4.78, 5) is 33.0. The SMILES string of the molecule is CN=C(NCc1ccc(CN2CCCC2=O)cc1)NC1CCN(C(=O)C2CCCCC2)C1.I. The number of carbonyl (C=O) groups is 2. The zero-order valence-electron chi connectivity index (χ0n) is 19.7. The van der Waals surface area contributed by atoms with E-state index in [1.165, 1.54) is 30.4 Å². The van der Waals surface area contributed by atoms with Gasteiger partial charge in [0.2, 0.25) is 11.8 Å². The molecule has 0 aromatic heterocycles. The number of nitrogens with one attached hydrogen (secondary N) is 2. The first-order valence-corrected chi connectivity index (χ1v) is 12.2. The van der Waals surface area contributed by atoms with Crippen LogP contribution in [0.15, 0.2) is 29.3 Å². The lowest BCUT2D eigenvalue weighted by atomic mass is 9.88. The number of nitrogens with zero attached hydrogens (tertiary/aromatic N) is 3. The molecule has 1 aromatic carbocycles. The van der Waals surface area contributed by atoms with Gasteiger partial charge in [-0.05, 0) is 36.8 Å². The number of benzene rings is 1. The van der Waals surface area contributed by atoms with Gasteiger partial charge in [-0.1, -0.05) is 43.5 Å². The summed E-state index contributed by atoms with van der Waals surface area (Å²) in [5.41, 5.74) is 2.34. The van der Waals surface area contributed by atoms with E-state index in [4.69, 9.17) is 0 Å². The largest absolute Gasteiger partial charge is 0.352 e. The van der Waals surface area contributed by atoms with Crippen molar-refractivity contribution in [1.82, 2.24) is 20.4 Å². The van der Waals surface area contributed by atoms with E-state index in [1.807, 2.05) is 9.80 Å². The average molecular weight is 568 g/mol. The summed E-state index contributed by atoms with van der Waals surface area (Å²) in [5.74, 6) is 1.63. The maximum absolute atomic E-state index is 12.8. The van der Waals surface area contributed by atoms with E-state index in [1.54, 1.807) is 7.05 Å². The molecule has 1 atom stereocenters. The minimum absolute atomic E-state index is 0. The van der Waals surface area contributed by atoms with Crippen LogP contribution < -0.4 is 10.6 Å². The average Bonchev–Trinajstić information content (AvgIpc) is 3.46. The quantitative estimate of drug-likeness (QED) is 0.315. The second-order valence-electron chi connectivity index (χ2n) is 9.41. The van der Waals surface area contributed by atoms with Crippen LogP contribution in [0.4, 0.5) is 0 Å². The Labute approximate surface area is 214 Å². The molecule has 1 aromatic rings. The summed E-state index contributed by atoms with van der Waals surface area (Å²) in [6.45, 7) is 3.85. The van der Waals surface area contributed by atoms with Crippen molar-refractivity contribution in [2.24, 2.45) is 10.9 Å². The van der Waals surface area contributed by atoms with E-state index in [9.17, 15) is 9.59 Å².